The molecule has 0 radical (unpaired) electrons. The van der Waals surface area contributed by atoms with Crippen LogP contribution < -0.4 is 15.2 Å². The van der Waals surface area contributed by atoms with E-state index in [1.807, 2.05) is 24.3 Å². The lowest BCUT2D eigenvalue weighted by molar-refractivity contribution is 0.355. The van der Waals surface area contributed by atoms with Crippen molar-refractivity contribution in [3.63, 3.8) is 0 Å². The first-order valence-electron chi connectivity index (χ1n) is 7.51. The van der Waals surface area contributed by atoms with Crippen LogP contribution in [0, 0.1) is 11.3 Å². The maximum Gasteiger partial charge on any atom is 0.161 e. The molecule has 0 atom stereocenters. The van der Waals surface area contributed by atoms with Crippen molar-refractivity contribution in [2.45, 2.75) is 0 Å². The highest BCUT2D eigenvalue weighted by Crippen LogP contribution is 2.34. The minimum absolute atomic E-state index is 0.324. The average molecular weight is 332 g/mol. The largest absolute Gasteiger partial charge is 0.493 e. The summed E-state index contributed by atoms with van der Waals surface area (Å²) < 4.78 is 10.6. The topological polar surface area (TPSA) is 94.0 Å². The van der Waals surface area contributed by atoms with Crippen LogP contribution in [0.15, 0.2) is 48.7 Å². The zero-order valence-electron chi connectivity index (χ0n) is 13.9. The number of aromatic nitrogens is 2. The van der Waals surface area contributed by atoms with Crippen molar-refractivity contribution in [1.29, 1.82) is 5.26 Å². The van der Waals surface area contributed by atoms with Crippen molar-refractivity contribution >= 4 is 5.82 Å². The summed E-state index contributed by atoms with van der Waals surface area (Å²) in [6.45, 7) is 0. The number of nitriles is 1. The Labute approximate surface area is 145 Å². The molecule has 1 aromatic heterocycles. The van der Waals surface area contributed by atoms with Gasteiger partial charge in [-0.3, -0.25) is 0 Å². The molecule has 0 aliphatic carbocycles. The number of ether oxygens (including phenoxy) is 2. The molecule has 0 spiro atoms. The molecule has 0 unspecified atom stereocenters. The molecule has 3 aromatic rings. The Morgan fingerprint density at radius 2 is 1.64 bits per heavy atom. The van der Waals surface area contributed by atoms with Gasteiger partial charge in [0.25, 0.3) is 0 Å². The first-order valence-corrected chi connectivity index (χ1v) is 7.51. The highest BCUT2D eigenvalue weighted by molar-refractivity contribution is 5.75. The van der Waals surface area contributed by atoms with Crippen molar-refractivity contribution in [3.05, 3.63) is 54.2 Å². The zero-order valence-corrected chi connectivity index (χ0v) is 13.9. The van der Waals surface area contributed by atoms with Crippen LogP contribution in [-0.2, 0) is 0 Å². The number of nitrogens with two attached hydrogens (primary N) is 1. The number of methoxy groups -OCH3 is 2. The minimum atomic E-state index is 0.324. The van der Waals surface area contributed by atoms with Crippen molar-refractivity contribution in [2.24, 2.45) is 0 Å². The fraction of sp³-hybridized carbons (Fsp3) is 0.105. The van der Waals surface area contributed by atoms with Gasteiger partial charge in [-0.25, -0.2) is 9.97 Å². The predicted molar refractivity (Wildman–Crippen MR) is 95.1 cm³/mol. The van der Waals surface area contributed by atoms with E-state index in [9.17, 15) is 0 Å². The number of benzene rings is 2. The number of anilines is 1. The third-order valence-electron chi connectivity index (χ3n) is 3.77. The second-order valence-electron chi connectivity index (χ2n) is 5.25. The van der Waals surface area contributed by atoms with Crippen LogP contribution in [-0.4, -0.2) is 24.2 Å². The molecule has 0 amide bonds. The smallest absolute Gasteiger partial charge is 0.161 e. The first-order chi connectivity index (χ1) is 12.2. The van der Waals surface area contributed by atoms with Gasteiger partial charge in [0.15, 0.2) is 11.5 Å². The van der Waals surface area contributed by atoms with E-state index in [0.717, 1.165) is 11.1 Å². The quantitative estimate of drug-likeness (QED) is 0.788. The summed E-state index contributed by atoms with van der Waals surface area (Å²) in [5.74, 6) is 1.54. The van der Waals surface area contributed by atoms with Crippen molar-refractivity contribution in [2.75, 3.05) is 20.0 Å². The Balaban J connectivity index is 2.06. The normalized spacial score (nSPS) is 10.1. The third kappa shape index (κ3) is 3.21. The number of nitrogens with zero attached hydrogens (tertiary/aromatic N) is 3. The predicted octanol–water partition coefficient (Wildman–Crippen LogP) is 3.28. The molecule has 124 valence electrons. The molecule has 0 bridgehead atoms. The maximum absolute atomic E-state index is 8.90. The van der Waals surface area contributed by atoms with Crippen LogP contribution in [0.3, 0.4) is 0 Å². The number of hydrogen-bond donors (Lipinski definition) is 1. The van der Waals surface area contributed by atoms with E-state index in [0.29, 0.717) is 34.3 Å². The van der Waals surface area contributed by atoms with E-state index in [4.69, 9.17) is 20.5 Å². The lowest BCUT2D eigenvalue weighted by Gasteiger charge is -2.11. The zero-order chi connectivity index (χ0) is 17.8. The Morgan fingerprint density at radius 3 is 2.28 bits per heavy atom. The summed E-state index contributed by atoms with van der Waals surface area (Å²) in [6.07, 6.45) is 1.61. The Hall–Kier alpha value is -3.59. The van der Waals surface area contributed by atoms with E-state index in [1.54, 1.807) is 38.6 Å². The van der Waals surface area contributed by atoms with Gasteiger partial charge < -0.3 is 15.2 Å². The molecule has 0 saturated heterocycles. The number of hydrogen-bond acceptors (Lipinski definition) is 6. The molecule has 3 rings (SSSR count). The maximum atomic E-state index is 8.90. The van der Waals surface area contributed by atoms with Gasteiger partial charge in [0.2, 0.25) is 0 Å². The summed E-state index contributed by atoms with van der Waals surface area (Å²) in [7, 11) is 3.15. The second kappa shape index (κ2) is 6.89. The van der Waals surface area contributed by atoms with E-state index < -0.39 is 0 Å². The monoisotopic (exact) mass is 332 g/mol. The molecule has 2 aromatic carbocycles. The number of nitrogen functional groups attached to an aromatic ring is 1. The highest BCUT2D eigenvalue weighted by Gasteiger charge is 2.12. The van der Waals surface area contributed by atoms with Crippen LogP contribution in [0.4, 0.5) is 5.82 Å². The van der Waals surface area contributed by atoms with E-state index >= 15 is 0 Å². The molecule has 0 aliphatic heterocycles. The Kier molecular flexibility index (Phi) is 4.48. The Morgan fingerprint density at radius 1 is 0.960 bits per heavy atom. The first kappa shape index (κ1) is 16.3. The molecule has 1 heterocycles. The van der Waals surface area contributed by atoms with E-state index in [-0.39, 0.29) is 0 Å². The summed E-state index contributed by atoms with van der Waals surface area (Å²) in [5, 5.41) is 8.90. The van der Waals surface area contributed by atoms with Gasteiger partial charge in [0.05, 0.1) is 37.7 Å². The van der Waals surface area contributed by atoms with Crippen molar-refractivity contribution < 1.29 is 9.47 Å². The SMILES string of the molecule is COc1ccc(-c2nc(-c3ccc(C#N)cc3)cnc2N)cc1OC. The fourth-order valence-electron chi connectivity index (χ4n) is 2.45. The van der Waals surface area contributed by atoms with Crippen LogP contribution in [0.5, 0.6) is 11.5 Å². The highest BCUT2D eigenvalue weighted by atomic mass is 16.5. The lowest BCUT2D eigenvalue weighted by atomic mass is 10.1. The molecule has 2 N–H and O–H groups in total. The van der Waals surface area contributed by atoms with E-state index in [2.05, 4.69) is 16.0 Å². The minimum Gasteiger partial charge on any atom is -0.493 e. The average Bonchev–Trinajstić information content (AvgIpc) is 2.68. The van der Waals surface area contributed by atoms with Gasteiger partial charge in [0, 0.05) is 11.1 Å². The summed E-state index contributed by atoms with van der Waals surface area (Å²) in [6, 6.07) is 14.7. The van der Waals surface area contributed by atoms with Crippen molar-refractivity contribution in [1.82, 2.24) is 9.97 Å². The van der Waals surface area contributed by atoms with Crippen molar-refractivity contribution in [3.8, 4) is 40.1 Å². The van der Waals surface area contributed by atoms with Gasteiger partial charge in [-0.05, 0) is 30.3 Å². The fourth-order valence-corrected chi connectivity index (χ4v) is 2.45. The van der Waals surface area contributed by atoms with Crippen LogP contribution in [0.1, 0.15) is 5.56 Å². The summed E-state index contributed by atoms with van der Waals surface area (Å²) >= 11 is 0. The lowest BCUT2D eigenvalue weighted by Crippen LogP contribution is -1.99. The van der Waals surface area contributed by atoms with E-state index in [1.165, 1.54) is 0 Å². The molecule has 0 aliphatic rings. The summed E-state index contributed by atoms with van der Waals surface area (Å²) in [5.41, 5.74) is 9.47. The van der Waals surface area contributed by atoms with Gasteiger partial charge in [-0.15, -0.1) is 0 Å². The van der Waals surface area contributed by atoms with Gasteiger partial charge in [-0.2, -0.15) is 5.26 Å². The molecular weight excluding hydrogens is 316 g/mol. The van der Waals surface area contributed by atoms with Crippen LogP contribution in [0.25, 0.3) is 22.5 Å². The molecule has 6 heteroatoms. The van der Waals surface area contributed by atoms with Gasteiger partial charge in [0.1, 0.15) is 11.5 Å². The standard InChI is InChI=1S/C19H16N4O2/c1-24-16-8-7-14(9-17(16)25-2)18-19(21)22-11-15(23-18)13-5-3-12(10-20)4-6-13/h3-9,11H,1-2H3,(H2,21,22). The molecule has 25 heavy (non-hydrogen) atoms. The molecule has 0 fully saturated rings. The molecule has 0 saturated carbocycles. The Bertz CT molecular complexity index is 947. The summed E-state index contributed by atoms with van der Waals surface area (Å²) in [4.78, 5) is 8.88. The van der Waals surface area contributed by atoms with Crippen LogP contribution in [0.2, 0.25) is 0 Å². The second-order valence-corrected chi connectivity index (χ2v) is 5.25. The number of rotatable bonds is 4. The third-order valence-corrected chi connectivity index (χ3v) is 3.77. The van der Waals surface area contributed by atoms with Gasteiger partial charge >= 0.3 is 0 Å². The van der Waals surface area contributed by atoms with Crippen LogP contribution >= 0.6 is 0 Å². The molecular formula is C19H16N4O2. The molecule has 6 nitrogen and oxygen atoms in total. The van der Waals surface area contributed by atoms with Gasteiger partial charge in [-0.1, -0.05) is 12.1 Å².